The molecule has 30 heavy (non-hydrogen) atoms. The third-order valence-corrected chi connectivity index (χ3v) is 6.18. The SMILES string of the molecule is Cc1ccc(-c2nc(CC(=O)Nc3ccc(-c4ncc5n4CCCC5)cc3)cs2)o1. The Labute approximate surface area is 178 Å². The average Bonchev–Trinajstić information content (AvgIpc) is 3.48. The molecule has 0 unspecified atom stereocenters. The number of benzene rings is 1. The van der Waals surface area contributed by atoms with Crippen molar-refractivity contribution in [1.29, 1.82) is 0 Å². The largest absolute Gasteiger partial charge is 0.459 e. The minimum Gasteiger partial charge on any atom is -0.459 e. The van der Waals surface area contributed by atoms with Crippen LogP contribution in [0.1, 0.15) is 30.0 Å². The van der Waals surface area contributed by atoms with Crippen molar-refractivity contribution in [3.05, 3.63) is 65.1 Å². The number of anilines is 1. The molecule has 0 spiro atoms. The predicted octanol–water partition coefficient (Wildman–Crippen LogP) is 5.09. The monoisotopic (exact) mass is 418 g/mol. The summed E-state index contributed by atoms with van der Waals surface area (Å²) in [6, 6.07) is 11.7. The van der Waals surface area contributed by atoms with Gasteiger partial charge in [0.05, 0.1) is 12.1 Å². The lowest BCUT2D eigenvalue weighted by Crippen LogP contribution is -2.14. The first-order chi connectivity index (χ1) is 14.7. The summed E-state index contributed by atoms with van der Waals surface area (Å²) in [6.45, 7) is 2.92. The Bertz CT molecular complexity index is 1190. The van der Waals surface area contributed by atoms with E-state index >= 15 is 0 Å². The first-order valence-corrected chi connectivity index (χ1v) is 11.0. The molecule has 1 aliphatic rings. The number of amides is 1. The number of thiazole rings is 1. The summed E-state index contributed by atoms with van der Waals surface area (Å²) in [6.07, 6.45) is 5.74. The number of carbonyl (C=O) groups excluding carboxylic acids is 1. The summed E-state index contributed by atoms with van der Waals surface area (Å²) in [4.78, 5) is 21.6. The second-order valence-corrected chi connectivity index (χ2v) is 8.40. The fraction of sp³-hybridized carbons (Fsp3) is 0.261. The second-order valence-electron chi connectivity index (χ2n) is 7.54. The van der Waals surface area contributed by atoms with Crippen LogP contribution in [0.4, 0.5) is 5.69 Å². The van der Waals surface area contributed by atoms with Crippen LogP contribution in [0.15, 0.2) is 52.4 Å². The van der Waals surface area contributed by atoms with Gasteiger partial charge in [-0.1, -0.05) is 0 Å². The van der Waals surface area contributed by atoms with Gasteiger partial charge in [-0.2, -0.15) is 0 Å². The molecule has 0 radical (unpaired) electrons. The molecule has 0 saturated heterocycles. The maximum Gasteiger partial charge on any atom is 0.230 e. The highest BCUT2D eigenvalue weighted by Gasteiger charge is 2.15. The number of nitrogens with zero attached hydrogens (tertiary/aromatic N) is 3. The summed E-state index contributed by atoms with van der Waals surface area (Å²) >= 11 is 1.48. The fourth-order valence-corrected chi connectivity index (χ4v) is 4.57. The van der Waals surface area contributed by atoms with Gasteiger partial charge in [0.25, 0.3) is 0 Å². The molecule has 5 rings (SSSR count). The molecule has 1 N–H and O–H groups in total. The predicted molar refractivity (Wildman–Crippen MR) is 117 cm³/mol. The van der Waals surface area contributed by atoms with E-state index in [1.165, 1.54) is 29.9 Å². The van der Waals surface area contributed by atoms with Crippen LogP contribution in [-0.4, -0.2) is 20.4 Å². The van der Waals surface area contributed by atoms with Gasteiger partial charge in [0.2, 0.25) is 5.91 Å². The maximum absolute atomic E-state index is 12.5. The number of furan rings is 1. The van der Waals surface area contributed by atoms with E-state index in [0.29, 0.717) is 0 Å². The molecular weight excluding hydrogens is 396 g/mol. The normalized spacial score (nSPS) is 13.2. The topological polar surface area (TPSA) is 73.0 Å². The number of rotatable bonds is 5. The van der Waals surface area contributed by atoms with E-state index in [4.69, 9.17) is 4.42 Å². The van der Waals surface area contributed by atoms with Crippen LogP contribution in [0.25, 0.3) is 22.2 Å². The summed E-state index contributed by atoms with van der Waals surface area (Å²) in [7, 11) is 0. The molecule has 6 nitrogen and oxygen atoms in total. The molecule has 0 bridgehead atoms. The molecule has 7 heteroatoms. The number of fused-ring (bicyclic) bond motifs is 1. The van der Waals surface area contributed by atoms with Crippen molar-refractivity contribution in [2.75, 3.05) is 5.32 Å². The van der Waals surface area contributed by atoms with E-state index in [0.717, 1.165) is 52.3 Å². The first kappa shape index (κ1) is 18.8. The number of hydrogen-bond acceptors (Lipinski definition) is 5. The zero-order valence-corrected chi connectivity index (χ0v) is 17.5. The molecule has 4 heterocycles. The molecule has 0 atom stereocenters. The third kappa shape index (κ3) is 3.80. The summed E-state index contributed by atoms with van der Waals surface area (Å²) in [5.74, 6) is 2.50. The van der Waals surface area contributed by atoms with Gasteiger partial charge < -0.3 is 14.3 Å². The van der Waals surface area contributed by atoms with Gasteiger partial charge in [0.15, 0.2) is 10.8 Å². The molecule has 0 fully saturated rings. The highest BCUT2D eigenvalue weighted by atomic mass is 32.1. The van der Waals surface area contributed by atoms with Gasteiger partial charge in [0, 0.05) is 35.1 Å². The molecule has 3 aromatic heterocycles. The van der Waals surface area contributed by atoms with Gasteiger partial charge in [-0.15, -0.1) is 11.3 Å². The third-order valence-electron chi connectivity index (χ3n) is 5.27. The van der Waals surface area contributed by atoms with Crippen molar-refractivity contribution in [2.24, 2.45) is 0 Å². The molecule has 152 valence electrons. The van der Waals surface area contributed by atoms with E-state index in [1.54, 1.807) is 0 Å². The lowest BCUT2D eigenvalue weighted by molar-refractivity contribution is -0.115. The van der Waals surface area contributed by atoms with Gasteiger partial charge >= 0.3 is 0 Å². The zero-order valence-electron chi connectivity index (χ0n) is 16.7. The molecule has 1 amide bonds. The van der Waals surface area contributed by atoms with Crippen molar-refractivity contribution in [3.63, 3.8) is 0 Å². The molecule has 0 saturated carbocycles. The molecular formula is C23H22N4O2S. The van der Waals surface area contributed by atoms with Crippen molar-refractivity contribution < 1.29 is 9.21 Å². The van der Waals surface area contributed by atoms with Crippen LogP contribution < -0.4 is 5.32 Å². The van der Waals surface area contributed by atoms with Crippen molar-refractivity contribution >= 4 is 22.9 Å². The number of imidazole rings is 1. The van der Waals surface area contributed by atoms with Crippen LogP contribution in [0.3, 0.4) is 0 Å². The maximum atomic E-state index is 12.5. The summed E-state index contributed by atoms with van der Waals surface area (Å²) < 4.78 is 7.90. The van der Waals surface area contributed by atoms with Crippen LogP contribution >= 0.6 is 11.3 Å². The Morgan fingerprint density at radius 2 is 2.07 bits per heavy atom. The number of aromatic nitrogens is 3. The van der Waals surface area contributed by atoms with Gasteiger partial charge in [0.1, 0.15) is 11.6 Å². The highest BCUT2D eigenvalue weighted by molar-refractivity contribution is 7.13. The van der Waals surface area contributed by atoms with E-state index in [2.05, 4.69) is 19.9 Å². The minimum absolute atomic E-state index is 0.0894. The quantitative estimate of drug-likeness (QED) is 0.490. The minimum atomic E-state index is -0.0894. The van der Waals surface area contributed by atoms with Crippen molar-refractivity contribution in [3.8, 4) is 22.2 Å². The van der Waals surface area contributed by atoms with E-state index in [-0.39, 0.29) is 12.3 Å². The Morgan fingerprint density at radius 3 is 2.87 bits per heavy atom. The Kier molecular flexibility index (Phi) is 4.96. The van der Waals surface area contributed by atoms with Crippen LogP contribution in [-0.2, 0) is 24.2 Å². The lowest BCUT2D eigenvalue weighted by atomic mass is 10.1. The van der Waals surface area contributed by atoms with Gasteiger partial charge in [-0.05, 0) is 62.6 Å². The second kappa shape index (κ2) is 7.91. The lowest BCUT2D eigenvalue weighted by Gasteiger charge is -2.16. The van der Waals surface area contributed by atoms with Crippen molar-refractivity contribution in [1.82, 2.24) is 14.5 Å². The molecule has 1 aromatic carbocycles. The Balaban J connectivity index is 1.24. The zero-order chi connectivity index (χ0) is 20.5. The number of aryl methyl sites for hydroxylation is 2. The molecule has 1 aliphatic heterocycles. The highest BCUT2D eigenvalue weighted by Crippen LogP contribution is 2.27. The number of carbonyl (C=O) groups is 1. The average molecular weight is 419 g/mol. The van der Waals surface area contributed by atoms with Crippen molar-refractivity contribution in [2.45, 2.75) is 39.2 Å². The number of hydrogen-bond donors (Lipinski definition) is 1. The Hall–Kier alpha value is -3.19. The number of nitrogens with one attached hydrogen (secondary N) is 1. The smallest absolute Gasteiger partial charge is 0.230 e. The van der Waals surface area contributed by atoms with E-state index in [1.807, 2.05) is 54.9 Å². The van der Waals surface area contributed by atoms with Crippen LogP contribution in [0, 0.1) is 6.92 Å². The standard InChI is InChI=1S/C23H22N4O2S/c1-15-5-10-20(29-15)23-26-18(14-30-23)12-21(28)25-17-8-6-16(7-9-17)22-24-13-19-4-2-3-11-27(19)22/h5-10,13-14H,2-4,11-12H2,1H3,(H,25,28). The van der Waals surface area contributed by atoms with E-state index in [9.17, 15) is 4.79 Å². The first-order valence-electron chi connectivity index (χ1n) is 10.1. The summed E-state index contributed by atoms with van der Waals surface area (Å²) in [5, 5.41) is 5.64. The van der Waals surface area contributed by atoms with E-state index < -0.39 is 0 Å². The van der Waals surface area contributed by atoms with Gasteiger partial charge in [-0.25, -0.2) is 9.97 Å². The summed E-state index contributed by atoms with van der Waals surface area (Å²) in [5.41, 5.74) is 3.88. The molecule has 0 aliphatic carbocycles. The van der Waals surface area contributed by atoms with Gasteiger partial charge in [-0.3, -0.25) is 4.79 Å². The fourth-order valence-electron chi connectivity index (χ4n) is 3.79. The van der Waals surface area contributed by atoms with Crippen LogP contribution in [0.2, 0.25) is 0 Å². The van der Waals surface area contributed by atoms with Crippen LogP contribution in [0.5, 0.6) is 0 Å². The molecule has 4 aromatic rings. The Morgan fingerprint density at radius 1 is 1.20 bits per heavy atom.